The smallest absolute Gasteiger partial charge is 0.197 e. The van der Waals surface area contributed by atoms with Gasteiger partial charge in [-0.2, -0.15) is 0 Å². The van der Waals surface area contributed by atoms with E-state index in [2.05, 4.69) is 0 Å². The van der Waals surface area contributed by atoms with Crippen molar-refractivity contribution in [1.82, 2.24) is 0 Å². The summed E-state index contributed by atoms with van der Waals surface area (Å²) in [7, 11) is 1.61. The summed E-state index contributed by atoms with van der Waals surface area (Å²) in [5.41, 5.74) is 5.52. The number of ketones is 1. The van der Waals surface area contributed by atoms with Crippen molar-refractivity contribution in [2.24, 2.45) is 0 Å². The van der Waals surface area contributed by atoms with Crippen molar-refractivity contribution in [3.63, 3.8) is 0 Å². The summed E-state index contributed by atoms with van der Waals surface area (Å²) >= 11 is 0. The van der Waals surface area contributed by atoms with E-state index in [1.165, 1.54) is 0 Å². The fourth-order valence-electron chi connectivity index (χ4n) is 2.50. The molecule has 0 fully saturated rings. The van der Waals surface area contributed by atoms with E-state index < -0.39 is 0 Å². The first-order chi connectivity index (χ1) is 9.43. The van der Waals surface area contributed by atoms with Crippen LogP contribution < -0.4 is 4.74 Å². The summed E-state index contributed by atoms with van der Waals surface area (Å²) in [4.78, 5) is 12.9. The van der Waals surface area contributed by atoms with Crippen molar-refractivity contribution in [2.75, 3.05) is 7.11 Å². The van der Waals surface area contributed by atoms with E-state index in [4.69, 9.17) is 4.74 Å². The van der Waals surface area contributed by atoms with Gasteiger partial charge in [-0.15, -0.1) is 0 Å². The number of carbonyl (C=O) groups excluding carboxylic acids is 1. The highest BCUT2D eigenvalue weighted by Crippen LogP contribution is 2.28. The zero-order valence-electron chi connectivity index (χ0n) is 12.7. The summed E-state index contributed by atoms with van der Waals surface area (Å²) in [6.07, 6.45) is 0. The van der Waals surface area contributed by atoms with Crippen molar-refractivity contribution in [3.05, 3.63) is 63.7 Å². The van der Waals surface area contributed by atoms with Gasteiger partial charge in [-0.3, -0.25) is 4.79 Å². The van der Waals surface area contributed by atoms with Gasteiger partial charge in [-0.1, -0.05) is 23.8 Å². The Kier molecular flexibility index (Phi) is 3.93. The minimum Gasteiger partial charge on any atom is -0.496 e. The number of hydrogen-bond donors (Lipinski definition) is 0. The summed E-state index contributed by atoms with van der Waals surface area (Å²) < 4.78 is 5.40. The lowest BCUT2D eigenvalue weighted by Crippen LogP contribution is -2.09. The van der Waals surface area contributed by atoms with Gasteiger partial charge in [-0.25, -0.2) is 0 Å². The van der Waals surface area contributed by atoms with E-state index in [9.17, 15) is 4.79 Å². The van der Waals surface area contributed by atoms with Gasteiger partial charge in [0.05, 0.1) is 12.7 Å². The molecule has 0 atom stereocenters. The number of benzene rings is 2. The van der Waals surface area contributed by atoms with Crippen LogP contribution in [-0.4, -0.2) is 12.9 Å². The Balaban J connectivity index is 2.62. The van der Waals surface area contributed by atoms with Gasteiger partial charge in [0.1, 0.15) is 5.75 Å². The number of ether oxygens (including phenoxy) is 1. The summed E-state index contributed by atoms with van der Waals surface area (Å²) in [5, 5.41) is 0. The Morgan fingerprint density at radius 2 is 1.60 bits per heavy atom. The number of aryl methyl sites for hydroxylation is 4. The highest BCUT2D eigenvalue weighted by Gasteiger charge is 2.19. The van der Waals surface area contributed by atoms with E-state index in [1.54, 1.807) is 7.11 Å². The molecule has 0 bridgehead atoms. The van der Waals surface area contributed by atoms with Crippen LogP contribution in [0.25, 0.3) is 0 Å². The number of hydrogen-bond acceptors (Lipinski definition) is 2. The second-order valence-corrected chi connectivity index (χ2v) is 5.31. The largest absolute Gasteiger partial charge is 0.496 e. The topological polar surface area (TPSA) is 26.3 Å². The molecular weight excluding hydrogens is 248 g/mol. The second-order valence-electron chi connectivity index (χ2n) is 5.31. The van der Waals surface area contributed by atoms with Crippen LogP contribution in [0.4, 0.5) is 0 Å². The highest BCUT2D eigenvalue weighted by atomic mass is 16.5. The molecule has 2 rings (SSSR count). The Bertz CT molecular complexity index is 669. The van der Waals surface area contributed by atoms with Crippen molar-refractivity contribution in [3.8, 4) is 5.75 Å². The Morgan fingerprint density at radius 1 is 0.900 bits per heavy atom. The van der Waals surface area contributed by atoms with Crippen molar-refractivity contribution >= 4 is 5.78 Å². The maximum atomic E-state index is 12.9. The van der Waals surface area contributed by atoms with Crippen LogP contribution in [0.1, 0.15) is 38.2 Å². The number of carbonyl (C=O) groups is 1. The van der Waals surface area contributed by atoms with Gasteiger partial charge in [-0.05, 0) is 56.5 Å². The average molecular weight is 268 g/mol. The molecule has 0 unspecified atom stereocenters. The van der Waals surface area contributed by atoms with Crippen LogP contribution in [0.2, 0.25) is 0 Å². The van der Waals surface area contributed by atoms with E-state index in [1.807, 2.05) is 58.0 Å². The SMILES string of the molecule is COc1cc(C)cc(C)c1C(=O)c1cc(C)ccc1C. The maximum absolute atomic E-state index is 12.9. The summed E-state index contributed by atoms with van der Waals surface area (Å²) in [6.45, 7) is 7.91. The molecule has 0 heterocycles. The molecule has 0 aliphatic rings. The zero-order chi connectivity index (χ0) is 14.9. The van der Waals surface area contributed by atoms with Crippen molar-refractivity contribution in [2.45, 2.75) is 27.7 Å². The normalized spacial score (nSPS) is 10.4. The lowest BCUT2D eigenvalue weighted by atomic mass is 9.93. The fourth-order valence-corrected chi connectivity index (χ4v) is 2.50. The molecule has 2 aromatic rings. The average Bonchev–Trinajstić information content (AvgIpc) is 2.40. The summed E-state index contributed by atoms with van der Waals surface area (Å²) in [6, 6.07) is 9.87. The first kappa shape index (κ1) is 14.3. The third-order valence-corrected chi connectivity index (χ3v) is 3.53. The third-order valence-electron chi connectivity index (χ3n) is 3.53. The second kappa shape index (κ2) is 5.49. The van der Waals surface area contributed by atoms with Crippen LogP contribution in [-0.2, 0) is 0 Å². The Morgan fingerprint density at radius 3 is 2.25 bits per heavy atom. The number of rotatable bonds is 3. The van der Waals surface area contributed by atoms with Gasteiger partial charge >= 0.3 is 0 Å². The first-order valence-electron chi connectivity index (χ1n) is 6.71. The molecular formula is C18H20O2. The minimum atomic E-state index is 0.0283. The standard InChI is InChI=1S/C18H20O2/c1-11-6-7-13(3)15(9-11)18(19)17-14(4)8-12(2)10-16(17)20-5/h6-10H,1-5H3. The van der Waals surface area contributed by atoms with E-state index in [0.717, 1.165) is 27.8 Å². The molecule has 20 heavy (non-hydrogen) atoms. The molecule has 0 amide bonds. The van der Waals surface area contributed by atoms with Gasteiger partial charge in [0.25, 0.3) is 0 Å². The fraction of sp³-hybridized carbons (Fsp3) is 0.278. The van der Waals surface area contributed by atoms with Crippen LogP contribution in [0, 0.1) is 27.7 Å². The van der Waals surface area contributed by atoms with Crippen LogP contribution >= 0.6 is 0 Å². The predicted octanol–water partition coefficient (Wildman–Crippen LogP) is 4.16. The molecule has 104 valence electrons. The zero-order valence-corrected chi connectivity index (χ0v) is 12.7. The van der Waals surface area contributed by atoms with Crippen LogP contribution in [0.15, 0.2) is 30.3 Å². The Labute approximate surface area is 120 Å². The monoisotopic (exact) mass is 268 g/mol. The van der Waals surface area contributed by atoms with Gasteiger partial charge in [0.2, 0.25) is 0 Å². The van der Waals surface area contributed by atoms with Gasteiger partial charge in [0.15, 0.2) is 5.78 Å². The molecule has 0 saturated carbocycles. The van der Waals surface area contributed by atoms with E-state index in [-0.39, 0.29) is 5.78 Å². The molecule has 2 nitrogen and oxygen atoms in total. The quantitative estimate of drug-likeness (QED) is 0.781. The van der Waals surface area contributed by atoms with Crippen molar-refractivity contribution < 1.29 is 9.53 Å². The molecule has 0 aliphatic heterocycles. The van der Waals surface area contributed by atoms with Gasteiger partial charge < -0.3 is 4.74 Å². The minimum absolute atomic E-state index is 0.0283. The molecule has 0 radical (unpaired) electrons. The molecule has 0 saturated heterocycles. The molecule has 0 N–H and O–H groups in total. The molecule has 0 aromatic heterocycles. The number of methoxy groups -OCH3 is 1. The Hall–Kier alpha value is -2.09. The lowest BCUT2D eigenvalue weighted by molar-refractivity contribution is 0.103. The molecule has 2 aromatic carbocycles. The lowest BCUT2D eigenvalue weighted by Gasteiger charge is -2.13. The van der Waals surface area contributed by atoms with Gasteiger partial charge in [0, 0.05) is 5.56 Å². The van der Waals surface area contributed by atoms with Crippen LogP contribution in [0.3, 0.4) is 0 Å². The molecule has 2 heteroatoms. The molecule has 0 spiro atoms. The van der Waals surface area contributed by atoms with Crippen molar-refractivity contribution in [1.29, 1.82) is 0 Å². The maximum Gasteiger partial charge on any atom is 0.197 e. The first-order valence-corrected chi connectivity index (χ1v) is 6.71. The van der Waals surface area contributed by atoms with Crippen LogP contribution in [0.5, 0.6) is 5.75 Å². The third kappa shape index (κ3) is 2.60. The van der Waals surface area contributed by atoms with E-state index >= 15 is 0 Å². The van der Waals surface area contributed by atoms with E-state index in [0.29, 0.717) is 11.3 Å². The predicted molar refractivity (Wildman–Crippen MR) is 81.8 cm³/mol. The molecule has 0 aliphatic carbocycles. The summed E-state index contributed by atoms with van der Waals surface area (Å²) in [5.74, 6) is 0.675. The highest BCUT2D eigenvalue weighted by molar-refractivity contribution is 6.12.